The van der Waals surface area contributed by atoms with Crippen molar-refractivity contribution in [3.8, 4) is 0 Å². The standard InChI is InChI=1S/C22H21N3O2/c1-16-6-4-7-17(12-16)13-21-24-19-9-2-3-10-20(19)25(21)15-22(26)23-14-18-8-5-11-27-18/h2-12H,13-15H2,1H3,(H,23,26). The second-order valence-electron chi connectivity index (χ2n) is 6.62. The lowest BCUT2D eigenvalue weighted by molar-refractivity contribution is -0.121. The maximum absolute atomic E-state index is 12.5. The number of fused-ring (bicyclic) bond motifs is 1. The molecule has 0 radical (unpaired) electrons. The number of carbonyl (C=O) groups excluding carboxylic acids is 1. The van der Waals surface area contributed by atoms with Gasteiger partial charge in [-0.15, -0.1) is 0 Å². The second kappa shape index (κ2) is 7.50. The van der Waals surface area contributed by atoms with Gasteiger partial charge in [-0.05, 0) is 36.8 Å². The molecule has 0 bridgehead atoms. The Hall–Kier alpha value is -3.34. The molecule has 27 heavy (non-hydrogen) atoms. The van der Waals surface area contributed by atoms with E-state index >= 15 is 0 Å². The minimum Gasteiger partial charge on any atom is -0.467 e. The van der Waals surface area contributed by atoms with Crippen molar-refractivity contribution < 1.29 is 9.21 Å². The van der Waals surface area contributed by atoms with Gasteiger partial charge >= 0.3 is 0 Å². The van der Waals surface area contributed by atoms with Gasteiger partial charge in [0, 0.05) is 6.42 Å². The average Bonchev–Trinajstić information content (AvgIpc) is 3.29. The highest BCUT2D eigenvalue weighted by Gasteiger charge is 2.14. The average molecular weight is 359 g/mol. The van der Waals surface area contributed by atoms with Gasteiger partial charge in [-0.25, -0.2) is 4.98 Å². The van der Waals surface area contributed by atoms with E-state index in [4.69, 9.17) is 9.40 Å². The number of aromatic nitrogens is 2. The number of aryl methyl sites for hydroxylation is 1. The van der Waals surface area contributed by atoms with Crippen molar-refractivity contribution in [1.29, 1.82) is 0 Å². The maximum atomic E-state index is 12.5. The van der Waals surface area contributed by atoms with Crippen LogP contribution in [0.25, 0.3) is 11.0 Å². The summed E-state index contributed by atoms with van der Waals surface area (Å²) in [5, 5.41) is 2.91. The van der Waals surface area contributed by atoms with Crippen LogP contribution in [0.2, 0.25) is 0 Å². The zero-order valence-electron chi connectivity index (χ0n) is 15.2. The van der Waals surface area contributed by atoms with Gasteiger partial charge < -0.3 is 14.3 Å². The molecule has 5 nitrogen and oxygen atoms in total. The van der Waals surface area contributed by atoms with Gasteiger partial charge in [0.1, 0.15) is 18.1 Å². The number of nitrogens with zero attached hydrogens (tertiary/aromatic N) is 2. The molecule has 4 rings (SSSR count). The van der Waals surface area contributed by atoms with Crippen molar-refractivity contribution in [3.63, 3.8) is 0 Å². The van der Waals surface area contributed by atoms with Crippen molar-refractivity contribution in [2.75, 3.05) is 0 Å². The van der Waals surface area contributed by atoms with Crippen LogP contribution in [0.5, 0.6) is 0 Å². The van der Waals surface area contributed by atoms with E-state index in [9.17, 15) is 4.79 Å². The van der Waals surface area contributed by atoms with Crippen molar-refractivity contribution >= 4 is 16.9 Å². The van der Waals surface area contributed by atoms with Crippen LogP contribution in [-0.4, -0.2) is 15.5 Å². The third-order valence-corrected chi connectivity index (χ3v) is 4.52. The summed E-state index contributed by atoms with van der Waals surface area (Å²) in [5.74, 6) is 1.55. The molecule has 0 atom stereocenters. The molecule has 2 heterocycles. The van der Waals surface area contributed by atoms with Crippen LogP contribution < -0.4 is 5.32 Å². The van der Waals surface area contributed by atoms with Gasteiger partial charge in [-0.1, -0.05) is 42.0 Å². The number of hydrogen-bond donors (Lipinski definition) is 1. The predicted molar refractivity (Wildman–Crippen MR) is 104 cm³/mol. The first-order chi connectivity index (χ1) is 13.2. The Balaban J connectivity index is 1.58. The molecule has 0 aliphatic heterocycles. The summed E-state index contributed by atoms with van der Waals surface area (Å²) >= 11 is 0. The summed E-state index contributed by atoms with van der Waals surface area (Å²) in [6, 6.07) is 19.9. The molecule has 0 saturated carbocycles. The molecule has 0 fully saturated rings. The summed E-state index contributed by atoms with van der Waals surface area (Å²) in [4.78, 5) is 17.3. The highest BCUT2D eigenvalue weighted by atomic mass is 16.3. The van der Waals surface area contributed by atoms with Crippen LogP contribution in [0.3, 0.4) is 0 Å². The predicted octanol–water partition coefficient (Wildman–Crippen LogP) is 3.84. The Kier molecular flexibility index (Phi) is 4.75. The van der Waals surface area contributed by atoms with Gasteiger partial charge in [-0.2, -0.15) is 0 Å². The molecular weight excluding hydrogens is 338 g/mol. The molecule has 0 saturated heterocycles. The fourth-order valence-electron chi connectivity index (χ4n) is 3.24. The number of imidazole rings is 1. The number of carbonyl (C=O) groups is 1. The molecule has 0 aliphatic rings. The van der Waals surface area contributed by atoms with E-state index in [1.807, 2.05) is 47.0 Å². The highest BCUT2D eigenvalue weighted by Crippen LogP contribution is 2.19. The van der Waals surface area contributed by atoms with Gasteiger partial charge in [0.05, 0.1) is 23.8 Å². The number of furan rings is 1. The minimum absolute atomic E-state index is 0.0694. The Bertz CT molecular complexity index is 1060. The van der Waals surface area contributed by atoms with Crippen LogP contribution in [0.4, 0.5) is 0 Å². The topological polar surface area (TPSA) is 60.1 Å². The largest absolute Gasteiger partial charge is 0.467 e. The van der Waals surface area contributed by atoms with Crippen LogP contribution in [0.1, 0.15) is 22.7 Å². The zero-order chi connectivity index (χ0) is 18.6. The Morgan fingerprint density at radius 2 is 2.00 bits per heavy atom. The molecule has 0 unspecified atom stereocenters. The molecule has 2 aromatic carbocycles. The number of nitrogens with one attached hydrogen (secondary N) is 1. The van der Waals surface area contributed by atoms with E-state index in [0.29, 0.717) is 13.0 Å². The quantitative estimate of drug-likeness (QED) is 0.569. The first kappa shape index (κ1) is 17.1. The lowest BCUT2D eigenvalue weighted by atomic mass is 10.1. The summed E-state index contributed by atoms with van der Waals surface area (Å²) < 4.78 is 7.26. The molecule has 0 aliphatic carbocycles. The van der Waals surface area contributed by atoms with Crippen LogP contribution >= 0.6 is 0 Å². The third kappa shape index (κ3) is 3.92. The fourth-order valence-corrected chi connectivity index (χ4v) is 3.24. The van der Waals surface area contributed by atoms with Crippen molar-refractivity contribution in [1.82, 2.24) is 14.9 Å². The number of para-hydroxylation sites is 2. The van der Waals surface area contributed by atoms with Crippen molar-refractivity contribution in [2.45, 2.75) is 26.4 Å². The minimum atomic E-state index is -0.0694. The molecular formula is C22H21N3O2. The van der Waals surface area contributed by atoms with Crippen molar-refractivity contribution in [3.05, 3.63) is 89.6 Å². The number of rotatable bonds is 6. The van der Waals surface area contributed by atoms with Crippen LogP contribution in [0.15, 0.2) is 71.3 Å². The summed E-state index contributed by atoms with van der Waals surface area (Å²) in [6.07, 6.45) is 2.28. The monoisotopic (exact) mass is 359 g/mol. The zero-order valence-corrected chi connectivity index (χ0v) is 15.2. The summed E-state index contributed by atoms with van der Waals surface area (Å²) in [5.41, 5.74) is 4.26. The Labute approximate surface area is 157 Å². The number of amides is 1. The summed E-state index contributed by atoms with van der Waals surface area (Å²) in [7, 11) is 0. The smallest absolute Gasteiger partial charge is 0.240 e. The van der Waals surface area contributed by atoms with E-state index in [1.165, 1.54) is 11.1 Å². The maximum Gasteiger partial charge on any atom is 0.240 e. The molecule has 0 spiro atoms. The lowest BCUT2D eigenvalue weighted by Gasteiger charge is -2.10. The van der Waals surface area contributed by atoms with E-state index in [1.54, 1.807) is 6.26 Å². The molecule has 5 heteroatoms. The highest BCUT2D eigenvalue weighted by molar-refractivity contribution is 5.81. The first-order valence-corrected chi connectivity index (χ1v) is 8.98. The van der Waals surface area contributed by atoms with Crippen LogP contribution in [-0.2, 0) is 24.3 Å². The van der Waals surface area contributed by atoms with E-state index < -0.39 is 0 Å². The molecule has 136 valence electrons. The normalized spacial score (nSPS) is 11.0. The summed E-state index contributed by atoms with van der Waals surface area (Å²) in [6.45, 7) is 2.68. The molecule has 1 amide bonds. The van der Waals surface area contributed by atoms with Gasteiger partial charge in [0.15, 0.2) is 0 Å². The van der Waals surface area contributed by atoms with Gasteiger partial charge in [-0.3, -0.25) is 4.79 Å². The second-order valence-corrected chi connectivity index (χ2v) is 6.62. The number of benzene rings is 2. The van der Waals surface area contributed by atoms with Gasteiger partial charge in [0.2, 0.25) is 5.91 Å². The fraction of sp³-hybridized carbons (Fsp3) is 0.182. The molecule has 1 N–H and O–H groups in total. The lowest BCUT2D eigenvalue weighted by Crippen LogP contribution is -2.27. The first-order valence-electron chi connectivity index (χ1n) is 8.98. The van der Waals surface area contributed by atoms with E-state index in [-0.39, 0.29) is 12.5 Å². The van der Waals surface area contributed by atoms with Crippen LogP contribution in [0, 0.1) is 6.92 Å². The Morgan fingerprint density at radius 1 is 1.11 bits per heavy atom. The Morgan fingerprint density at radius 3 is 2.81 bits per heavy atom. The molecule has 2 aromatic heterocycles. The SMILES string of the molecule is Cc1cccc(Cc2nc3ccccc3n2CC(=O)NCc2ccco2)c1. The van der Waals surface area contributed by atoms with E-state index in [2.05, 4.69) is 30.4 Å². The van der Waals surface area contributed by atoms with E-state index in [0.717, 1.165) is 22.6 Å². The van der Waals surface area contributed by atoms with Crippen molar-refractivity contribution in [2.24, 2.45) is 0 Å². The third-order valence-electron chi connectivity index (χ3n) is 4.52. The van der Waals surface area contributed by atoms with Gasteiger partial charge in [0.25, 0.3) is 0 Å². The molecule has 4 aromatic rings. The number of hydrogen-bond acceptors (Lipinski definition) is 3.